The third-order valence-corrected chi connectivity index (χ3v) is 6.44. The molecule has 0 bridgehead atoms. The Labute approximate surface area is 189 Å². The van der Waals surface area contributed by atoms with Gasteiger partial charge in [0.05, 0.1) is 10.7 Å². The number of halogens is 1. The third kappa shape index (κ3) is 3.57. The average Bonchev–Trinajstić information content (AvgIpc) is 2.99. The van der Waals surface area contributed by atoms with Gasteiger partial charge in [0.15, 0.2) is 0 Å². The van der Waals surface area contributed by atoms with Crippen LogP contribution in [0.4, 0.5) is 5.69 Å². The van der Waals surface area contributed by atoms with E-state index in [9.17, 15) is 0 Å². The van der Waals surface area contributed by atoms with Crippen LogP contribution in [0, 0.1) is 20.8 Å². The summed E-state index contributed by atoms with van der Waals surface area (Å²) in [5.41, 5.74) is 7.99. The van der Waals surface area contributed by atoms with E-state index < -0.39 is 0 Å². The molecular formula is C24H27IN2S. The van der Waals surface area contributed by atoms with Crippen LogP contribution in [0.25, 0.3) is 17.0 Å². The summed E-state index contributed by atoms with van der Waals surface area (Å²) in [6, 6.07) is 15.6. The number of thioether (sulfide) groups is 1. The van der Waals surface area contributed by atoms with Crippen LogP contribution < -0.4 is 33.4 Å². The van der Waals surface area contributed by atoms with E-state index in [-0.39, 0.29) is 24.0 Å². The van der Waals surface area contributed by atoms with Crippen LogP contribution in [0.15, 0.2) is 52.4 Å². The van der Waals surface area contributed by atoms with Gasteiger partial charge in [-0.25, -0.2) is 0 Å². The molecule has 146 valence electrons. The summed E-state index contributed by atoms with van der Waals surface area (Å²) in [4.78, 5) is 3.83. The van der Waals surface area contributed by atoms with E-state index in [0.29, 0.717) is 0 Å². The van der Waals surface area contributed by atoms with Gasteiger partial charge in [0, 0.05) is 35.0 Å². The van der Waals surface area contributed by atoms with Crippen molar-refractivity contribution in [2.45, 2.75) is 46.1 Å². The maximum absolute atomic E-state index is 2.46. The summed E-state index contributed by atoms with van der Waals surface area (Å²) in [5, 5.41) is 2.65. The van der Waals surface area contributed by atoms with Gasteiger partial charge in [0.2, 0.25) is 11.2 Å². The molecule has 4 rings (SSSR count). The fourth-order valence-corrected chi connectivity index (χ4v) is 5.55. The number of aromatic nitrogens is 1. The number of nitrogens with zero attached hydrogens (tertiary/aromatic N) is 2. The van der Waals surface area contributed by atoms with Crippen molar-refractivity contribution in [2.75, 3.05) is 11.4 Å². The molecule has 0 radical (unpaired) electrons. The monoisotopic (exact) mass is 502 g/mol. The van der Waals surface area contributed by atoms with Crippen molar-refractivity contribution in [2.24, 2.45) is 0 Å². The summed E-state index contributed by atoms with van der Waals surface area (Å²) in [5.74, 6) is 0. The zero-order valence-corrected chi connectivity index (χ0v) is 20.2. The maximum atomic E-state index is 2.46. The Morgan fingerprint density at radius 3 is 2.46 bits per heavy atom. The molecule has 2 heterocycles. The number of pyridine rings is 1. The molecular weight excluding hydrogens is 475 g/mol. The summed E-state index contributed by atoms with van der Waals surface area (Å²) < 4.78 is 2.42. The van der Waals surface area contributed by atoms with Gasteiger partial charge in [0.1, 0.15) is 6.54 Å². The van der Waals surface area contributed by atoms with Crippen molar-refractivity contribution in [1.29, 1.82) is 0 Å². The Bertz CT molecular complexity index is 1070. The van der Waals surface area contributed by atoms with E-state index in [4.69, 9.17) is 0 Å². The Morgan fingerprint density at radius 2 is 1.75 bits per heavy atom. The molecule has 0 atom stereocenters. The normalized spacial score (nSPS) is 14.5. The second-order valence-electron chi connectivity index (χ2n) is 7.27. The quantitative estimate of drug-likeness (QED) is 0.402. The second kappa shape index (κ2) is 8.46. The Hall–Kier alpha value is -1.53. The Balaban J connectivity index is 0.00000225. The van der Waals surface area contributed by atoms with Crippen LogP contribution in [0.5, 0.6) is 0 Å². The largest absolute Gasteiger partial charge is 1.00 e. The molecule has 2 nitrogen and oxygen atoms in total. The van der Waals surface area contributed by atoms with Crippen LogP contribution in [-0.2, 0) is 6.54 Å². The number of anilines is 1. The molecule has 0 N–H and O–H groups in total. The van der Waals surface area contributed by atoms with Crippen molar-refractivity contribution in [3.63, 3.8) is 0 Å². The molecule has 0 aliphatic carbocycles. The minimum Gasteiger partial charge on any atom is -1.00 e. The van der Waals surface area contributed by atoms with E-state index in [0.717, 1.165) is 13.1 Å². The number of rotatable bonds is 3. The van der Waals surface area contributed by atoms with Crippen molar-refractivity contribution < 1.29 is 28.5 Å². The fourth-order valence-electron chi connectivity index (χ4n) is 4.20. The molecule has 0 unspecified atom stereocenters. The van der Waals surface area contributed by atoms with Gasteiger partial charge in [-0.2, -0.15) is 4.57 Å². The van der Waals surface area contributed by atoms with E-state index in [1.165, 1.54) is 48.9 Å². The first-order chi connectivity index (χ1) is 13.0. The Kier molecular flexibility index (Phi) is 6.40. The number of para-hydroxylation sites is 1. The highest BCUT2D eigenvalue weighted by Gasteiger charge is 2.27. The van der Waals surface area contributed by atoms with Gasteiger partial charge < -0.3 is 28.9 Å². The lowest BCUT2D eigenvalue weighted by Gasteiger charge is -2.20. The van der Waals surface area contributed by atoms with Gasteiger partial charge in [-0.3, -0.25) is 0 Å². The number of benzene rings is 2. The van der Waals surface area contributed by atoms with Gasteiger partial charge >= 0.3 is 0 Å². The zero-order valence-electron chi connectivity index (χ0n) is 17.2. The minimum absolute atomic E-state index is 0. The highest BCUT2D eigenvalue weighted by Crippen LogP contribution is 2.48. The summed E-state index contributed by atoms with van der Waals surface area (Å²) in [7, 11) is 0. The molecule has 1 aromatic heterocycles. The van der Waals surface area contributed by atoms with Crippen molar-refractivity contribution in [1.82, 2.24) is 0 Å². The maximum Gasteiger partial charge on any atom is 0.213 e. The summed E-state index contributed by atoms with van der Waals surface area (Å²) in [6.07, 6.45) is 2.37. The Morgan fingerprint density at radius 1 is 1.00 bits per heavy atom. The first-order valence-corrected chi connectivity index (χ1v) is 10.6. The van der Waals surface area contributed by atoms with E-state index in [1.807, 2.05) is 11.8 Å². The van der Waals surface area contributed by atoms with Gasteiger partial charge in [-0.1, -0.05) is 30.0 Å². The topological polar surface area (TPSA) is 7.12 Å². The van der Waals surface area contributed by atoms with Gasteiger partial charge in [-0.15, -0.1) is 0 Å². The second-order valence-corrected chi connectivity index (χ2v) is 8.33. The van der Waals surface area contributed by atoms with Crippen LogP contribution in [0.2, 0.25) is 0 Å². The lowest BCUT2D eigenvalue weighted by Crippen LogP contribution is -3.00. The average molecular weight is 502 g/mol. The molecule has 4 heteroatoms. The van der Waals surface area contributed by atoms with Crippen LogP contribution in [0.1, 0.15) is 36.2 Å². The number of hydrogen-bond acceptors (Lipinski definition) is 2. The molecule has 0 saturated carbocycles. The summed E-state index contributed by atoms with van der Waals surface area (Å²) in [6.45, 7) is 13.0. The minimum atomic E-state index is 0. The first kappa shape index (κ1) is 21.2. The molecule has 2 aromatic carbocycles. The van der Waals surface area contributed by atoms with E-state index in [1.54, 1.807) is 0 Å². The molecule has 0 amide bonds. The van der Waals surface area contributed by atoms with Crippen LogP contribution in [0.3, 0.4) is 0 Å². The van der Waals surface area contributed by atoms with E-state index in [2.05, 4.69) is 92.6 Å². The molecule has 0 saturated heterocycles. The lowest BCUT2D eigenvalue weighted by molar-refractivity contribution is -0.669. The molecule has 1 aliphatic heterocycles. The van der Waals surface area contributed by atoms with Gasteiger partial charge in [-0.05, 0) is 63.4 Å². The zero-order chi connectivity index (χ0) is 19.1. The van der Waals surface area contributed by atoms with Crippen LogP contribution in [-0.4, -0.2) is 6.54 Å². The SMILES string of the molecule is CCN1/C(=C/c2cc(C)c3ccccc3[n+]2CC)Sc2cc(C)cc(C)c21.[I-]. The third-order valence-electron chi connectivity index (χ3n) is 5.36. The standard InChI is InChI=1S/C24H27N2S.HI/c1-6-25-19(14-17(4)20-10-8-9-11-21(20)25)15-23-26(7-2)24-18(5)12-16(3)13-22(24)27-23;/h8-15H,6-7H2,1-5H3;1H/q+1;/p-1. The lowest BCUT2D eigenvalue weighted by atomic mass is 10.1. The highest BCUT2D eigenvalue weighted by atomic mass is 127. The number of aryl methyl sites for hydroxylation is 4. The van der Waals surface area contributed by atoms with Crippen molar-refractivity contribution >= 4 is 34.4 Å². The molecule has 1 aliphatic rings. The summed E-state index contributed by atoms with van der Waals surface area (Å²) >= 11 is 1.90. The first-order valence-electron chi connectivity index (χ1n) is 9.74. The van der Waals surface area contributed by atoms with E-state index >= 15 is 0 Å². The van der Waals surface area contributed by atoms with Crippen molar-refractivity contribution in [3.8, 4) is 0 Å². The van der Waals surface area contributed by atoms with Crippen molar-refractivity contribution in [3.05, 3.63) is 69.9 Å². The smallest absolute Gasteiger partial charge is 0.213 e. The predicted octanol–water partition coefficient (Wildman–Crippen LogP) is 3.01. The molecule has 3 aromatic rings. The fraction of sp³-hybridized carbons (Fsp3) is 0.292. The molecule has 0 spiro atoms. The number of fused-ring (bicyclic) bond motifs is 2. The number of hydrogen-bond donors (Lipinski definition) is 0. The van der Waals surface area contributed by atoms with Crippen LogP contribution >= 0.6 is 11.8 Å². The van der Waals surface area contributed by atoms with Gasteiger partial charge in [0.25, 0.3) is 0 Å². The predicted molar refractivity (Wildman–Crippen MR) is 117 cm³/mol. The highest BCUT2D eigenvalue weighted by molar-refractivity contribution is 8.03. The molecule has 0 fully saturated rings. The molecule has 28 heavy (non-hydrogen) atoms.